The summed E-state index contributed by atoms with van der Waals surface area (Å²) >= 11 is 0. The van der Waals surface area contributed by atoms with Gasteiger partial charge in [-0.1, -0.05) is 13.3 Å². The summed E-state index contributed by atoms with van der Waals surface area (Å²) in [5.74, 6) is 0.158. The van der Waals surface area contributed by atoms with E-state index in [1.807, 2.05) is 4.90 Å². The van der Waals surface area contributed by atoms with E-state index in [2.05, 4.69) is 18.7 Å². The average molecular weight is 312 g/mol. The van der Waals surface area contributed by atoms with Crippen molar-refractivity contribution >= 4 is 30.7 Å². The molecule has 2 saturated heterocycles. The molecule has 0 aromatic rings. The fourth-order valence-corrected chi connectivity index (χ4v) is 3.14. The number of carbonyl (C=O) groups is 1. The van der Waals surface area contributed by atoms with E-state index in [1.165, 1.54) is 19.4 Å². The number of nitrogens with zero attached hydrogens (tertiary/aromatic N) is 2. The maximum Gasteiger partial charge on any atom is 0.239 e. The zero-order valence-corrected chi connectivity index (χ0v) is 13.5. The molecule has 0 aliphatic carbocycles. The molecular formula is C13H27Cl2N3O. The Balaban J connectivity index is 0.00000162. The third-order valence-corrected chi connectivity index (χ3v) is 4.14. The first kappa shape index (κ1) is 19.0. The maximum atomic E-state index is 12.3. The first-order chi connectivity index (χ1) is 8.13. The molecule has 2 fully saturated rings. The van der Waals surface area contributed by atoms with Crippen LogP contribution >= 0.6 is 24.8 Å². The van der Waals surface area contributed by atoms with Crippen molar-refractivity contribution in [3.63, 3.8) is 0 Å². The van der Waals surface area contributed by atoms with Gasteiger partial charge in [0.25, 0.3) is 0 Å². The lowest BCUT2D eigenvalue weighted by atomic mass is 10.0. The Morgan fingerprint density at radius 1 is 1.37 bits per heavy atom. The highest BCUT2D eigenvalue weighted by Crippen LogP contribution is 2.25. The van der Waals surface area contributed by atoms with Gasteiger partial charge < -0.3 is 10.6 Å². The summed E-state index contributed by atoms with van der Waals surface area (Å²) in [5, 5.41) is 0. The zero-order chi connectivity index (χ0) is 12.4. The molecule has 1 amide bonds. The van der Waals surface area contributed by atoms with E-state index in [4.69, 9.17) is 5.73 Å². The SMILES string of the molecule is CCCC(N)C(=O)N1CC2CCCN2CC1C.Cl.Cl. The van der Waals surface area contributed by atoms with Gasteiger partial charge in [-0.2, -0.15) is 0 Å². The molecule has 2 rings (SSSR count). The van der Waals surface area contributed by atoms with Crippen molar-refractivity contribution in [1.82, 2.24) is 9.80 Å². The number of rotatable bonds is 3. The molecule has 4 nitrogen and oxygen atoms in total. The number of fused-ring (bicyclic) bond motifs is 1. The molecule has 2 N–H and O–H groups in total. The minimum Gasteiger partial charge on any atom is -0.336 e. The van der Waals surface area contributed by atoms with Gasteiger partial charge in [-0.3, -0.25) is 9.69 Å². The summed E-state index contributed by atoms with van der Waals surface area (Å²) in [5.41, 5.74) is 5.95. The molecule has 0 aromatic heterocycles. The topological polar surface area (TPSA) is 49.6 Å². The molecule has 0 radical (unpaired) electrons. The molecule has 0 spiro atoms. The van der Waals surface area contributed by atoms with Crippen LogP contribution in [0.5, 0.6) is 0 Å². The quantitative estimate of drug-likeness (QED) is 0.862. The molecule has 2 heterocycles. The van der Waals surface area contributed by atoms with E-state index >= 15 is 0 Å². The van der Waals surface area contributed by atoms with Crippen molar-refractivity contribution in [2.75, 3.05) is 19.6 Å². The monoisotopic (exact) mass is 311 g/mol. The number of halogens is 2. The van der Waals surface area contributed by atoms with Crippen molar-refractivity contribution in [2.45, 2.75) is 57.7 Å². The molecule has 0 saturated carbocycles. The predicted octanol–water partition coefficient (Wildman–Crippen LogP) is 1.65. The van der Waals surface area contributed by atoms with Gasteiger partial charge in [-0.25, -0.2) is 0 Å². The van der Waals surface area contributed by atoms with Crippen LogP contribution in [0.2, 0.25) is 0 Å². The van der Waals surface area contributed by atoms with Gasteiger partial charge >= 0.3 is 0 Å². The summed E-state index contributed by atoms with van der Waals surface area (Å²) < 4.78 is 0. The second-order valence-corrected chi connectivity index (χ2v) is 5.53. The van der Waals surface area contributed by atoms with E-state index in [1.54, 1.807) is 0 Å². The number of amides is 1. The Morgan fingerprint density at radius 3 is 2.68 bits per heavy atom. The summed E-state index contributed by atoms with van der Waals surface area (Å²) in [4.78, 5) is 16.8. The second-order valence-electron chi connectivity index (χ2n) is 5.53. The smallest absolute Gasteiger partial charge is 0.239 e. The second kappa shape index (κ2) is 8.30. The van der Waals surface area contributed by atoms with E-state index in [0.717, 1.165) is 25.9 Å². The molecule has 3 atom stereocenters. The van der Waals surface area contributed by atoms with Crippen molar-refractivity contribution in [1.29, 1.82) is 0 Å². The molecule has 114 valence electrons. The lowest BCUT2D eigenvalue weighted by molar-refractivity contribution is -0.138. The molecule has 19 heavy (non-hydrogen) atoms. The highest BCUT2D eigenvalue weighted by molar-refractivity contribution is 5.85. The molecule has 6 heteroatoms. The van der Waals surface area contributed by atoms with Gasteiger partial charge in [0.15, 0.2) is 0 Å². The van der Waals surface area contributed by atoms with E-state index in [0.29, 0.717) is 12.1 Å². The van der Waals surface area contributed by atoms with E-state index in [-0.39, 0.29) is 36.8 Å². The third-order valence-electron chi connectivity index (χ3n) is 4.14. The standard InChI is InChI=1S/C13H25N3O.2ClH/c1-3-5-12(14)13(17)16-9-11-6-4-7-15(11)8-10(16)2;;/h10-12H,3-9,14H2,1-2H3;2*1H. The summed E-state index contributed by atoms with van der Waals surface area (Å²) in [6.45, 7) is 7.33. The van der Waals surface area contributed by atoms with Gasteiger partial charge in [0.2, 0.25) is 5.91 Å². The van der Waals surface area contributed by atoms with Crippen LogP contribution in [0.3, 0.4) is 0 Å². The Bertz CT molecular complexity index is 291. The Hall–Kier alpha value is -0.0300. The summed E-state index contributed by atoms with van der Waals surface area (Å²) in [6, 6.07) is 0.610. The van der Waals surface area contributed by atoms with Crippen LogP contribution in [0.15, 0.2) is 0 Å². The number of nitrogens with two attached hydrogens (primary N) is 1. The Labute approximate surface area is 128 Å². The molecular weight excluding hydrogens is 285 g/mol. The fraction of sp³-hybridized carbons (Fsp3) is 0.923. The van der Waals surface area contributed by atoms with Crippen LogP contribution in [0.4, 0.5) is 0 Å². The first-order valence-corrected chi connectivity index (χ1v) is 6.93. The van der Waals surface area contributed by atoms with Gasteiger partial charge in [0.1, 0.15) is 0 Å². The normalized spacial score (nSPS) is 28.1. The zero-order valence-electron chi connectivity index (χ0n) is 11.9. The van der Waals surface area contributed by atoms with Gasteiger partial charge in [0.05, 0.1) is 6.04 Å². The van der Waals surface area contributed by atoms with Crippen molar-refractivity contribution in [2.24, 2.45) is 5.73 Å². The van der Waals surface area contributed by atoms with E-state index in [9.17, 15) is 4.79 Å². The maximum absolute atomic E-state index is 12.3. The number of carbonyl (C=O) groups excluding carboxylic acids is 1. The largest absolute Gasteiger partial charge is 0.336 e. The molecule has 0 aromatic carbocycles. The fourth-order valence-electron chi connectivity index (χ4n) is 3.14. The van der Waals surface area contributed by atoms with Crippen LogP contribution in [0.1, 0.15) is 39.5 Å². The molecule has 0 bridgehead atoms. The van der Waals surface area contributed by atoms with Crippen LogP contribution in [0.25, 0.3) is 0 Å². The van der Waals surface area contributed by atoms with Crippen molar-refractivity contribution in [3.8, 4) is 0 Å². The number of hydrogen-bond acceptors (Lipinski definition) is 3. The van der Waals surface area contributed by atoms with Gasteiger partial charge in [-0.05, 0) is 32.7 Å². The molecule has 2 aliphatic rings. The molecule has 2 aliphatic heterocycles. The van der Waals surface area contributed by atoms with Crippen molar-refractivity contribution < 1.29 is 4.79 Å². The predicted molar refractivity (Wildman–Crippen MR) is 83.1 cm³/mol. The number of hydrogen-bond donors (Lipinski definition) is 1. The van der Waals surface area contributed by atoms with Crippen LogP contribution in [0, 0.1) is 0 Å². The summed E-state index contributed by atoms with van der Waals surface area (Å²) in [7, 11) is 0. The van der Waals surface area contributed by atoms with Crippen LogP contribution in [-0.4, -0.2) is 53.5 Å². The summed E-state index contributed by atoms with van der Waals surface area (Å²) in [6.07, 6.45) is 4.29. The Kier molecular flexibility index (Phi) is 8.29. The number of piperazine rings is 1. The van der Waals surface area contributed by atoms with Gasteiger partial charge in [-0.15, -0.1) is 24.8 Å². The highest BCUT2D eigenvalue weighted by Gasteiger charge is 2.37. The lowest BCUT2D eigenvalue weighted by Crippen LogP contribution is -2.59. The van der Waals surface area contributed by atoms with Crippen molar-refractivity contribution in [3.05, 3.63) is 0 Å². The minimum absolute atomic E-state index is 0. The van der Waals surface area contributed by atoms with E-state index < -0.39 is 0 Å². The highest BCUT2D eigenvalue weighted by atomic mass is 35.5. The van der Waals surface area contributed by atoms with Crippen LogP contribution < -0.4 is 5.73 Å². The average Bonchev–Trinajstić information content (AvgIpc) is 2.74. The van der Waals surface area contributed by atoms with Crippen LogP contribution in [-0.2, 0) is 4.79 Å². The lowest BCUT2D eigenvalue weighted by Gasteiger charge is -2.43. The van der Waals surface area contributed by atoms with Gasteiger partial charge in [0, 0.05) is 25.2 Å². The molecule has 3 unspecified atom stereocenters. The Morgan fingerprint density at radius 2 is 2.05 bits per heavy atom. The minimum atomic E-state index is -0.296. The first-order valence-electron chi connectivity index (χ1n) is 6.93. The third kappa shape index (κ3) is 4.22.